The molecule has 0 aliphatic carbocycles. The van der Waals surface area contributed by atoms with Crippen LogP contribution in [-0.2, 0) is 4.74 Å². The summed E-state index contributed by atoms with van der Waals surface area (Å²) >= 11 is 0. The van der Waals surface area contributed by atoms with Crippen molar-refractivity contribution < 1.29 is 9.84 Å². The van der Waals surface area contributed by atoms with Crippen LogP contribution in [0, 0.1) is 0 Å². The highest BCUT2D eigenvalue weighted by atomic mass is 16.6. The summed E-state index contributed by atoms with van der Waals surface area (Å²) < 4.78 is 5.40. The second-order valence-corrected chi connectivity index (χ2v) is 3.21. The van der Waals surface area contributed by atoms with Crippen molar-refractivity contribution in [2.45, 2.75) is 74.5 Å². The fourth-order valence-corrected chi connectivity index (χ4v) is 1.42. The van der Waals surface area contributed by atoms with Gasteiger partial charge in [-0.05, 0) is 25.7 Å². The molecule has 2 unspecified atom stereocenters. The highest BCUT2D eigenvalue weighted by Crippen LogP contribution is 2.29. The summed E-state index contributed by atoms with van der Waals surface area (Å²) in [6.45, 7) is 2.33. The lowest BCUT2D eigenvalue weighted by Crippen LogP contribution is -1.91. The van der Waals surface area contributed by atoms with E-state index in [9.17, 15) is 0 Å². The number of aliphatic hydroxyl groups is 1. The number of allylic oxidation sites excluding steroid dienone is 1. The van der Waals surface area contributed by atoms with Crippen LogP contribution in [0.3, 0.4) is 0 Å². The molecule has 2 atom stereocenters. The lowest BCUT2D eigenvalue weighted by molar-refractivity contribution is 0.342. The van der Waals surface area contributed by atoms with Crippen molar-refractivity contribution in [3.05, 3.63) is 12.2 Å². The molecule has 1 fully saturated rings. The van der Waals surface area contributed by atoms with Gasteiger partial charge in [-0.1, -0.05) is 48.8 Å². The van der Waals surface area contributed by atoms with Crippen LogP contribution in [0.1, 0.15) is 62.3 Å². The first-order valence-corrected chi connectivity index (χ1v) is 4.79. The SMILES string of the molecule is C.C.C.C.CCC1OC1CCCC=CCO. The smallest absolute Gasteiger partial charge is 0.0841 e. The summed E-state index contributed by atoms with van der Waals surface area (Å²) in [5, 5.41) is 8.46. The first-order valence-electron chi connectivity index (χ1n) is 4.79. The van der Waals surface area contributed by atoms with Crippen molar-refractivity contribution in [3.8, 4) is 0 Å². The monoisotopic (exact) mass is 234 g/mol. The van der Waals surface area contributed by atoms with E-state index in [-0.39, 0.29) is 36.3 Å². The predicted octanol–water partition coefficient (Wildman–Crippen LogP) is 4.43. The maximum absolute atomic E-state index is 8.46. The van der Waals surface area contributed by atoms with E-state index < -0.39 is 0 Å². The number of epoxide rings is 1. The molecule has 2 heteroatoms. The van der Waals surface area contributed by atoms with Crippen LogP contribution in [-0.4, -0.2) is 23.9 Å². The quantitative estimate of drug-likeness (QED) is 0.419. The van der Waals surface area contributed by atoms with Gasteiger partial charge in [0.1, 0.15) is 0 Å². The molecule has 0 spiro atoms. The van der Waals surface area contributed by atoms with Crippen LogP contribution in [0.2, 0.25) is 0 Å². The Kier molecular flexibility index (Phi) is 22.7. The standard InChI is InChI=1S/C10H18O2.4CH4/c1-2-9-10(12-9)7-5-3-4-6-8-11;;;;/h4,6,9-11H,2-3,5,7-8H2,1H3;4*1H4. The number of ether oxygens (including phenoxy) is 1. The number of aliphatic hydroxyl groups excluding tert-OH is 1. The van der Waals surface area contributed by atoms with E-state index >= 15 is 0 Å². The molecule has 0 radical (unpaired) electrons. The van der Waals surface area contributed by atoms with Gasteiger partial charge in [0.25, 0.3) is 0 Å². The zero-order chi connectivity index (χ0) is 8.81. The molecular weight excluding hydrogens is 200 g/mol. The fraction of sp³-hybridized carbons (Fsp3) is 0.857. The molecule has 1 aliphatic rings. The highest BCUT2D eigenvalue weighted by molar-refractivity contribution is 4.85. The molecule has 16 heavy (non-hydrogen) atoms. The molecule has 0 aromatic rings. The van der Waals surface area contributed by atoms with Crippen LogP contribution in [0.25, 0.3) is 0 Å². The summed E-state index contributed by atoms with van der Waals surface area (Å²) in [7, 11) is 0. The fourth-order valence-electron chi connectivity index (χ4n) is 1.42. The second-order valence-electron chi connectivity index (χ2n) is 3.21. The minimum absolute atomic E-state index is 0. The van der Waals surface area contributed by atoms with Crippen molar-refractivity contribution >= 4 is 0 Å². The third-order valence-electron chi connectivity index (χ3n) is 2.22. The van der Waals surface area contributed by atoms with Crippen LogP contribution in [0.4, 0.5) is 0 Å². The van der Waals surface area contributed by atoms with E-state index in [0.29, 0.717) is 12.2 Å². The van der Waals surface area contributed by atoms with Gasteiger partial charge in [0, 0.05) is 0 Å². The molecular formula is C14H34O2. The Hall–Kier alpha value is -0.340. The zero-order valence-corrected chi connectivity index (χ0v) is 7.70. The van der Waals surface area contributed by atoms with Crippen LogP contribution >= 0.6 is 0 Å². The topological polar surface area (TPSA) is 32.8 Å². The molecule has 1 saturated heterocycles. The van der Waals surface area contributed by atoms with E-state index in [0.717, 1.165) is 12.8 Å². The predicted molar refractivity (Wildman–Crippen MR) is 76.0 cm³/mol. The molecule has 102 valence electrons. The molecule has 0 aromatic carbocycles. The average Bonchev–Trinajstić information content (AvgIpc) is 2.83. The van der Waals surface area contributed by atoms with E-state index in [1.54, 1.807) is 6.08 Å². The van der Waals surface area contributed by atoms with Crippen molar-refractivity contribution in [2.75, 3.05) is 6.61 Å². The van der Waals surface area contributed by atoms with E-state index in [1.165, 1.54) is 12.8 Å². The van der Waals surface area contributed by atoms with Crippen LogP contribution in [0.5, 0.6) is 0 Å². The molecule has 1 N–H and O–H groups in total. The summed E-state index contributed by atoms with van der Waals surface area (Å²) in [4.78, 5) is 0. The molecule has 2 nitrogen and oxygen atoms in total. The molecule has 1 heterocycles. The Bertz CT molecular complexity index is 144. The highest BCUT2D eigenvalue weighted by Gasteiger charge is 2.35. The average molecular weight is 234 g/mol. The van der Waals surface area contributed by atoms with E-state index in [4.69, 9.17) is 9.84 Å². The van der Waals surface area contributed by atoms with Gasteiger partial charge >= 0.3 is 0 Å². The third-order valence-corrected chi connectivity index (χ3v) is 2.22. The summed E-state index contributed by atoms with van der Waals surface area (Å²) in [5.74, 6) is 0. The van der Waals surface area contributed by atoms with Gasteiger partial charge < -0.3 is 9.84 Å². The minimum Gasteiger partial charge on any atom is -0.392 e. The van der Waals surface area contributed by atoms with E-state index in [2.05, 4.69) is 6.92 Å². The Morgan fingerprint density at radius 1 is 1.06 bits per heavy atom. The maximum atomic E-state index is 8.46. The molecule has 1 aliphatic heterocycles. The Morgan fingerprint density at radius 3 is 2.12 bits per heavy atom. The summed E-state index contributed by atoms with van der Waals surface area (Å²) in [5.41, 5.74) is 0. The first kappa shape index (κ1) is 24.8. The van der Waals surface area contributed by atoms with Crippen LogP contribution in [0.15, 0.2) is 12.2 Å². The Morgan fingerprint density at radius 2 is 1.69 bits per heavy atom. The van der Waals surface area contributed by atoms with Crippen molar-refractivity contribution in [3.63, 3.8) is 0 Å². The van der Waals surface area contributed by atoms with Gasteiger partial charge in [-0.15, -0.1) is 0 Å². The van der Waals surface area contributed by atoms with Gasteiger partial charge in [0.05, 0.1) is 18.8 Å². The van der Waals surface area contributed by atoms with Gasteiger partial charge in [-0.25, -0.2) is 0 Å². The van der Waals surface area contributed by atoms with Gasteiger partial charge in [-0.2, -0.15) is 0 Å². The lowest BCUT2D eigenvalue weighted by Gasteiger charge is -1.91. The Balaban J connectivity index is -0.000000180. The van der Waals surface area contributed by atoms with Gasteiger partial charge in [-0.3, -0.25) is 0 Å². The van der Waals surface area contributed by atoms with E-state index in [1.807, 2.05) is 6.08 Å². The zero-order valence-electron chi connectivity index (χ0n) is 7.70. The molecule has 0 amide bonds. The molecule has 0 aromatic heterocycles. The minimum atomic E-state index is 0. The summed E-state index contributed by atoms with van der Waals surface area (Å²) in [6.07, 6.45) is 9.48. The largest absolute Gasteiger partial charge is 0.392 e. The number of hydrogen-bond acceptors (Lipinski definition) is 2. The van der Waals surface area contributed by atoms with Crippen molar-refractivity contribution in [1.82, 2.24) is 0 Å². The van der Waals surface area contributed by atoms with Crippen molar-refractivity contribution in [1.29, 1.82) is 0 Å². The number of unbranched alkanes of at least 4 members (excludes halogenated alkanes) is 1. The second kappa shape index (κ2) is 14.7. The van der Waals surface area contributed by atoms with Crippen molar-refractivity contribution in [2.24, 2.45) is 0 Å². The number of rotatable bonds is 6. The Labute approximate surface area is 104 Å². The van der Waals surface area contributed by atoms with Crippen LogP contribution < -0.4 is 0 Å². The molecule has 1 rings (SSSR count). The van der Waals surface area contributed by atoms with Gasteiger partial charge in [0.2, 0.25) is 0 Å². The summed E-state index contributed by atoms with van der Waals surface area (Å²) in [6, 6.07) is 0. The normalized spacial score (nSPS) is 21.1. The number of hydrogen-bond donors (Lipinski definition) is 1. The third kappa shape index (κ3) is 10.2. The molecule has 0 bridgehead atoms. The van der Waals surface area contributed by atoms with Gasteiger partial charge in [0.15, 0.2) is 0 Å². The molecule has 0 saturated carbocycles. The lowest BCUT2D eigenvalue weighted by atomic mass is 10.1. The first-order chi connectivity index (χ1) is 5.88. The maximum Gasteiger partial charge on any atom is 0.0841 e.